The first kappa shape index (κ1) is 26.7. The van der Waals surface area contributed by atoms with Crippen molar-refractivity contribution in [2.75, 3.05) is 33.8 Å². The Kier molecular flexibility index (Phi) is 8.54. The number of unbranched alkanes of at least 4 members (excludes halogenated alkanes) is 2. The molecule has 0 unspecified atom stereocenters. The predicted molar refractivity (Wildman–Crippen MR) is 144 cm³/mol. The van der Waals surface area contributed by atoms with Gasteiger partial charge in [-0.3, -0.25) is 9.59 Å². The van der Waals surface area contributed by atoms with Crippen molar-refractivity contribution in [2.24, 2.45) is 0 Å². The molecule has 0 aromatic heterocycles. The van der Waals surface area contributed by atoms with Gasteiger partial charge < -0.3 is 24.4 Å². The van der Waals surface area contributed by atoms with Crippen LogP contribution in [0.2, 0.25) is 0 Å². The van der Waals surface area contributed by atoms with E-state index in [4.69, 9.17) is 9.47 Å². The van der Waals surface area contributed by atoms with Crippen LogP contribution in [0.4, 0.5) is 0 Å². The second kappa shape index (κ2) is 11.8. The third kappa shape index (κ3) is 5.99. The van der Waals surface area contributed by atoms with E-state index in [1.54, 1.807) is 11.0 Å². The summed E-state index contributed by atoms with van der Waals surface area (Å²) < 4.78 is 11.8. The molecule has 0 aliphatic carbocycles. The van der Waals surface area contributed by atoms with Gasteiger partial charge in [-0.2, -0.15) is 0 Å². The fraction of sp³-hybridized carbons (Fsp3) is 0.467. The van der Waals surface area contributed by atoms with Gasteiger partial charge in [-0.1, -0.05) is 31.9 Å². The second-order valence-corrected chi connectivity index (χ2v) is 10.2. The first-order chi connectivity index (χ1) is 17.8. The average Bonchev–Trinajstić information content (AvgIpc) is 3.37. The number of aliphatic hydroxyl groups is 1. The molecule has 198 valence electrons. The van der Waals surface area contributed by atoms with Crippen molar-refractivity contribution in [1.29, 1.82) is 0 Å². The zero-order chi connectivity index (χ0) is 26.5. The summed E-state index contributed by atoms with van der Waals surface area (Å²) in [5, 5.41) is 11.4. The molecular formula is C30H38N2O5. The number of nitrogens with zero attached hydrogens (tertiary/aromatic N) is 2. The lowest BCUT2D eigenvalue weighted by Crippen LogP contribution is -2.32. The SMILES string of the molecule is CCCCCOc1cccc([C@@H]2/C(=C(\O)c3ccc4c(c3)C[C@H](C)O4)C(=O)C(=O)N2CCCN(C)C)c1. The van der Waals surface area contributed by atoms with Gasteiger partial charge >= 0.3 is 0 Å². The van der Waals surface area contributed by atoms with E-state index >= 15 is 0 Å². The van der Waals surface area contributed by atoms with Crippen LogP contribution in [-0.2, 0) is 16.0 Å². The molecule has 2 atom stereocenters. The smallest absolute Gasteiger partial charge is 0.295 e. The standard InChI is InChI=1S/C30H38N2O5/c1-5-6-7-16-36-24-11-8-10-21(19-24)27-26(29(34)30(35)32(27)15-9-14-31(3)4)28(33)22-12-13-25-23(18-22)17-20(2)37-25/h8,10-13,18-20,27,33H,5-7,9,14-17H2,1-4H3/b28-26+/t20-,27+/m0/s1. The highest BCUT2D eigenvalue weighted by molar-refractivity contribution is 6.46. The Balaban J connectivity index is 1.72. The van der Waals surface area contributed by atoms with Crippen LogP contribution in [0.25, 0.3) is 5.76 Å². The van der Waals surface area contributed by atoms with E-state index in [0.717, 1.165) is 49.1 Å². The maximum atomic E-state index is 13.4. The minimum absolute atomic E-state index is 0.0646. The summed E-state index contributed by atoms with van der Waals surface area (Å²) in [6, 6.07) is 12.3. The maximum Gasteiger partial charge on any atom is 0.295 e. The molecular weight excluding hydrogens is 468 g/mol. The van der Waals surface area contributed by atoms with Crippen molar-refractivity contribution in [2.45, 2.75) is 58.1 Å². The summed E-state index contributed by atoms with van der Waals surface area (Å²) in [4.78, 5) is 30.2. The zero-order valence-corrected chi connectivity index (χ0v) is 22.3. The number of ketones is 1. The molecule has 1 N–H and O–H groups in total. The topological polar surface area (TPSA) is 79.3 Å². The second-order valence-electron chi connectivity index (χ2n) is 10.2. The molecule has 1 amide bonds. The summed E-state index contributed by atoms with van der Waals surface area (Å²) in [5.74, 6) is 0.0771. The number of ether oxygens (including phenoxy) is 2. The van der Waals surface area contributed by atoms with E-state index < -0.39 is 17.7 Å². The van der Waals surface area contributed by atoms with Crippen LogP contribution in [0.15, 0.2) is 48.0 Å². The van der Waals surface area contributed by atoms with Crippen LogP contribution in [0.3, 0.4) is 0 Å². The Morgan fingerprint density at radius 3 is 2.70 bits per heavy atom. The van der Waals surface area contributed by atoms with Crippen LogP contribution in [0.5, 0.6) is 11.5 Å². The van der Waals surface area contributed by atoms with Crippen LogP contribution in [-0.4, -0.2) is 66.5 Å². The Bertz CT molecular complexity index is 1170. The normalized spacial score (nSPS) is 20.4. The number of aliphatic hydroxyl groups excluding tert-OH is 1. The summed E-state index contributed by atoms with van der Waals surface area (Å²) in [6.45, 7) is 5.93. The lowest BCUT2D eigenvalue weighted by atomic mass is 9.94. The first-order valence-corrected chi connectivity index (χ1v) is 13.3. The Morgan fingerprint density at radius 1 is 1.14 bits per heavy atom. The van der Waals surface area contributed by atoms with Crippen LogP contribution in [0.1, 0.15) is 62.3 Å². The quantitative estimate of drug-likeness (QED) is 0.201. The van der Waals surface area contributed by atoms with E-state index in [2.05, 4.69) is 6.92 Å². The molecule has 2 heterocycles. The van der Waals surface area contributed by atoms with Crippen molar-refractivity contribution in [3.05, 3.63) is 64.7 Å². The van der Waals surface area contributed by atoms with Crippen molar-refractivity contribution < 1.29 is 24.2 Å². The number of carbonyl (C=O) groups excluding carboxylic acids is 2. The van der Waals surface area contributed by atoms with Crippen LogP contribution in [0, 0.1) is 0 Å². The monoisotopic (exact) mass is 506 g/mol. The molecule has 2 aliphatic heterocycles. The number of carbonyl (C=O) groups is 2. The van der Waals surface area contributed by atoms with Crippen molar-refractivity contribution in [3.63, 3.8) is 0 Å². The number of hydrogen-bond acceptors (Lipinski definition) is 6. The highest BCUT2D eigenvalue weighted by Gasteiger charge is 2.46. The van der Waals surface area contributed by atoms with E-state index in [1.807, 2.05) is 62.3 Å². The molecule has 0 spiro atoms. The van der Waals surface area contributed by atoms with Gasteiger partial charge in [0.05, 0.1) is 18.2 Å². The molecule has 0 bridgehead atoms. The van der Waals surface area contributed by atoms with Crippen molar-refractivity contribution >= 4 is 17.4 Å². The fourth-order valence-electron chi connectivity index (χ4n) is 5.06. The summed E-state index contributed by atoms with van der Waals surface area (Å²) >= 11 is 0. The molecule has 2 aromatic carbocycles. The Hall–Kier alpha value is -3.32. The Morgan fingerprint density at radius 2 is 1.95 bits per heavy atom. The van der Waals surface area contributed by atoms with E-state index in [1.165, 1.54) is 0 Å². The van der Waals surface area contributed by atoms with Gasteiger partial charge in [-0.15, -0.1) is 0 Å². The number of Topliss-reactive ketones (excluding diaryl/α,β-unsaturated/α-hetero) is 1. The van der Waals surface area contributed by atoms with E-state index in [0.29, 0.717) is 30.9 Å². The Labute approximate surface area is 219 Å². The summed E-state index contributed by atoms with van der Waals surface area (Å²) in [6.07, 6.45) is 4.67. The number of benzene rings is 2. The third-order valence-electron chi connectivity index (χ3n) is 6.90. The lowest BCUT2D eigenvalue weighted by molar-refractivity contribution is -0.139. The predicted octanol–water partition coefficient (Wildman–Crippen LogP) is 4.95. The molecule has 0 saturated carbocycles. The average molecular weight is 507 g/mol. The van der Waals surface area contributed by atoms with Gasteiger partial charge in [0.2, 0.25) is 0 Å². The van der Waals surface area contributed by atoms with Crippen molar-refractivity contribution in [1.82, 2.24) is 9.80 Å². The third-order valence-corrected chi connectivity index (χ3v) is 6.90. The van der Waals surface area contributed by atoms with Crippen LogP contribution < -0.4 is 9.47 Å². The number of rotatable bonds is 11. The van der Waals surface area contributed by atoms with Gasteiger partial charge in [0.15, 0.2) is 0 Å². The summed E-state index contributed by atoms with van der Waals surface area (Å²) in [7, 11) is 3.95. The largest absolute Gasteiger partial charge is 0.507 e. The van der Waals surface area contributed by atoms with Gasteiger partial charge in [-0.05, 0) is 81.9 Å². The zero-order valence-electron chi connectivity index (χ0n) is 22.3. The fourth-order valence-corrected chi connectivity index (χ4v) is 5.06. The molecule has 37 heavy (non-hydrogen) atoms. The highest BCUT2D eigenvalue weighted by Crippen LogP contribution is 2.41. The maximum absolute atomic E-state index is 13.4. The summed E-state index contributed by atoms with van der Waals surface area (Å²) in [5.41, 5.74) is 2.36. The first-order valence-electron chi connectivity index (χ1n) is 13.3. The van der Waals surface area contributed by atoms with Crippen LogP contribution >= 0.6 is 0 Å². The van der Waals surface area contributed by atoms with Gasteiger partial charge in [0, 0.05) is 18.5 Å². The highest BCUT2D eigenvalue weighted by atomic mass is 16.5. The minimum Gasteiger partial charge on any atom is -0.507 e. The van der Waals surface area contributed by atoms with Gasteiger partial charge in [0.25, 0.3) is 11.7 Å². The van der Waals surface area contributed by atoms with Crippen molar-refractivity contribution in [3.8, 4) is 11.5 Å². The number of fused-ring (bicyclic) bond motifs is 1. The van der Waals surface area contributed by atoms with E-state index in [9.17, 15) is 14.7 Å². The molecule has 2 aromatic rings. The molecule has 0 radical (unpaired) electrons. The number of likely N-dealkylation sites (tertiary alicyclic amines) is 1. The lowest BCUT2D eigenvalue weighted by Gasteiger charge is -2.26. The number of amides is 1. The molecule has 1 fully saturated rings. The van der Waals surface area contributed by atoms with Gasteiger partial charge in [-0.25, -0.2) is 0 Å². The minimum atomic E-state index is -0.690. The molecule has 4 rings (SSSR count). The molecule has 2 aliphatic rings. The molecule has 7 nitrogen and oxygen atoms in total. The molecule has 7 heteroatoms. The van der Waals surface area contributed by atoms with E-state index in [-0.39, 0.29) is 17.4 Å². The number of hydrogen-bond donors (Lipinski definition) is 1. The molecule has 1 saturated heterocycles. The van der Waals surface area contributed by atoms with Gasteiger partial charge in [0.1, 0.15) is 23.4 Å².